The summed E-state index contributed by atoms with van der Waals surface area (Å²) in [7, 11) is 0. The zero-order valence-electron chi connectivity index (χ0n) is 9.01. The Morgan fingerprint density at radius 3 is 2.38 bits per heavy atom. The fourth-order valence-corrected chi connectivity index (χ4v) is 1.31. The average Bonchev–Trinajstić information content (AvgIpc) is 2.11. The molecular formula is C9H15F3N2OS. The number of halogens is 3. The van der Waals surface area contributed by atoms with Gasteiger partial charge in [-0.1, -0.05) is 19.1 Å². The molecule has 0 aromatic carbocycles. The minimum Gasteiger partial charge on any atom is -0.392 e. The third kappa shape index (κ3) is 7.44. The number of thiocarbonyl (C=S) groups is 1. The molecule has 0 aromatic heterocycles. The predicted octanol–water partition coefficient (Wildman–Crippen LogP) is 1.85. The smallest absolute Gasteiger partial charge is 0.389 e. The highest BCUT2D eigenvalue weighted by molar-refractivity contribution is 7.80. The van der Waals surface area contributed by atoms with Crippen molar-refractivity contribution < 1.29 is 18.0 Å². The van der Waals surface area contributed by atoms with Gasteiger partial charge in [0.05, 0.1) is 18.0 Å². The summed E-state index contributed by atoms with van der Waals surface area (Å²) in [6.45, 7) is 2.23. The van der Waals surface area contributed by atoms with Crippen LogP contribution in [0.5, 0.6) is 0 Å². The van der Waals surface area contributed by atoms with Gasteiger partial charge in [0.2, 0.25) is 5.91 Å². The lowest BCUT2D eigenvalue weighted by Gasteiger charge is -2.21. The summed E-state index contributed by atoms with van der Waals surface area (Å²) < 4.78 is 35.7. The molecule has 0 atom stereocenters. The van der Waals surface area contributed by atoms with E-state index in [1.54, 1.807) is 0 Å². The number of hydrogen-bond donors (Lipinski definition) is 1. The van der Waals surface area contributed by atoms with Crippen LogP contribution in [0.3, 0.4) is 0 Å². The van der Waals surface area contributed by atoms with Crippen molar-refractivity contribution in [1.82, 2.24) is 4.90 Å². The van der Waals surface area contributed by atoms with Gasteiger partial charge < -0.3 is 10.6 Å². The minimum absolute atomic E-state index is 0.0415. The second-order valence-electron chi connectivity index (χ2n) is 3.40. The van der Waals surface area contributed by atoms with E-state index in [-0.39, 0.29) is 11.5 Å². The van der Waals surface area contributed by atoms with Gasteiger partial charge in [-0.25, -0.2) is 0 Å². The van der Waals surface area contributed by atoms with Gasteiger partial charge in [-0.15, -0.1) is 0 Å². The van der Waals surface area contributed by atoms with Crippen LogP contribution in [0.4, 0.5) is 13.2 Å². The van der Waals surface area contributed by atoms with E-state index in [1.165, 1.54) is 4.90 Å². The zero-order chi connectivity index (χ0) is 12.8. The summed E-state index contributed by atoms with van der Waals surface area (Å²) in [5, 5.41) is 0. The Morgan fingerprint density at radius 2 is 2.00 bits per heavy atom. The number of hydrogen-bond acceptors (Lipinski definition) is 2. The number of carbonyl (C=O) groups excluding carboxylic acids is 1. The van der Waals surface area contributed by atoms with Crippen molar-refractivity contribution in [2.24, 2.45) is 5.73 Å². The van der Waals surface area contributed by atoms with Crippen LogP contribution in [0.15, 0.2) is 0 Å². The van der Waals surface area contributed by atoms with Crippen molar-refractivity contribution in [1.29, 1.82) is 0 Å². The van der Waals surface area contributed by atoms with Crippen molar-refractivity contribution in [2.45, 2.75) is 32.4 Å². The van der Waals surface area contributed by atoms with Crippen LogP contribution in [0.1, 0.15) is 26.2 Å². The Labute approximate surface area is 97.8 Å². The van der Waals surface area contributed by atoms with Gasteiger partial charge in [0.25, 0.3) is 0 Å². The Hall–Kier alpha value is -0.850. The fraction of sp³-hybridized carbons (Fsp3) is 0.778. The van der Waals surface area contributed by atoms with Crippen LogP contribution in [-0.4, -0.2) is 35.1 Å². The van der Waals surface area contributed by atoms with E-state index in [9.17, 15) is 18.0 Å². The molecule has 0 aromatic rings. The maximum Gasteiger partial charge on any atom is 0.389 e. The van der Waals surface area contributed by atoms with E-state index in [0.717, 1.165) is 0 Å². The lowest BCUT2D eigenvalue weighted by Crippen LogP contribution is -2.38. The van der Waals surface area contributed by atoms with Crippen LogP contribution < -0.4 is 5.73 Å². The monoisotopic (exact) mass is 256 g/mol. The first-order valence-corrected chi connectivity index (χ1v) is 5.30. The number of nitrogens with two attached hydrogens (primary N) is 1. The molecular weight excluding hydrogens is 241 g/mol. The average molecular weight is 256 g/mol. The van der Waals surface area contributed by atoms with Gasteiger partial charge >= 0.3 is 6.18 Å². The molecule has 0 fully saturated rings. The molecule has 0 saturated carbocycles. The number of nitrogens with zero attached hydrogens (tertiary/aromatic N) is 1. The van der Waals surface area contributed by atoms with Gasteiger partial charge in [0, 0.05) is 13.0 Å². The molecule has 7 heteroatoms. The van der Waals surface area contributed by atoms with Crippen molar-refractivity contribution in [3.05, 3.63) is 0 Å². The van der Waals surface area contributed by atoms with Crippen LogP contribution in [0, 0.1) is 0 Å². The van der Waals surface area contributed by atoms with E-state index in [0.29, 0.717) is 13.0 Å². The largest absolute Gasteiger partial charge is 0.392 e. The summed E-state index contributed by atoms with van der Waals surface area (Å²) in [6, 6.07) is 0. The van der Waals surface area contributed by atoms with Crippen LogP contribution in [0.25, 0.3) is 0 Å². The molecule has 16 heavy (non-hydrogen) atoms. The van der Waals surface area contributed by atoms with Crippen molar-refractivity contribution >= 4 is 23.1 Å². The van der Waals surface area contributed by atoms with E-state index in [1.807, 2.05) is 6.92 Å². The molecule has 2 N–H and O–H groups in total. The lowest BCUT2D eigenvalue weighted by atomic mass is 10.2. The Bertz CT molecular complexity index is 256. The number of amides is 1. The highest BCUT2D eigenvalue weighted by Crippen LogP contribution is 2.21. The molecule has 0 aliphatic carbocycles. The van der Waals surface area contributed by atoms with Gasteiger partial charge in [0.15, 0.2) is 0 Å². The lowest BCUT2D eigenvalue weighted by molar-refractivity contribution is -0.148. The molecule has 0 spiro atoms. The second kappa shape index (κ2) is 6.67. The van der Waals surface area contributed by atoms with Crippen LogP contribution in [0.2, 0.25) is 0 Å². The van der Waals surface area contributed by atoms with E-state index < -0.39 is 24.9 Å². The number of alkyl halides is 3. The first-order valence-electron chi connectivity index (χ1n) is 4.89. The van der Waals surface area contributed by atoms with Gasteiger partial charge in [-0.05, 0) is 6.42 Å². The summed E-state index contributed by atoms with van der Waals surface area (Å²) in [6.07, 6.45) is -5.31. The van der Waals surface area contributed by atoms with Crippen molar-refractivity contribution in [3.8, 4) is 0 Å². The zero-order valence-corrected chi connectivity index (χ0v) is 9.83. The Morgan fingerprint density at radius 1 is 1.44 bits per heavy atom. The molecule has 0 aliphatic heterocycles. The molecule has 0 bridgehead atoms. The normalized spacial score (nSPS) is 11.2. The first kappa shape index (κ1) is 15.2. The molecule has 0 heterocycles. The number of rotatable bonds is 6. The van der Waals surface area contributed by atoms with E-state index in [2.05, 4.69) is 12.2 Å². The molecule has 0 saturated heterocycles. The molecule has 0 unspecified atom stereocenters. The van der Waals surface area contributed by atoms with Crippen LogP contribution >= 0.6 is 12.2 Å². The summed E-state index contributed by atoms with van der Waals surface area (Å²) in [5.74, 6) is -0.563. The van der Waals surface area contributed by atoms with E-state index in [4.69, 9.17) is 5.73 Å². The summed E-state index contributed by atoms with van der Waals surface area (Å²) >= 11 is 4.62. The second-order valence-corrected chi connectivity index (χ2v) is 3.92. The SMILES string of the molecule is CCCN(CC(N)=S)C(=O)CCC(F)(F)F. The van der Waals surface area contributed by atoms with Gasteiger partial charge in [-0.3, -0.25) is 4.79 Å². The molecule has 0 aliphatic rings. The third-order valence-corrected chi connectivity index (χ3v) is 1.94. The summed E-state index contributed by atoms with van der Waals surface area (Å²) in [4.78, 5) is 12.8. The Kier molecular flexibility index (Phi) is 6.32. The standard InChI is InChI=1S/C9H15F3N2OS/c1-2-5-14(6-7(13)16)8(15)3-4-9(10,11)12/h2-6H2,1H3,(H2,13,16). The van der Waals surface area contributed by atoms with Crippen LogP contribution in [-0.2, 0) is 4.79 Å². The fourth-order valence-electron chi connectivity index (χ4n) is 1.16. The summed E-state index contributed by atoms with van der Waals surface area (Å²) in [5.41, 5.74) is 5.26. The molecule has 1 amide bonds. The first-order chi connectivity index (χ1) is 7.26. The molecule has 0 radical (unpaired) electrons. The maximum absolute atomic E-state index is 11.9. The molecule has 0 rings (SSSR count). The predicted molar refractivity (Wildman–Crippen MR) is 58.9 cm³/mol. The van der Waals surface area contributed by atoms with Gasteiger partial charge in [0.1, 0.15) is 0 Å². The quantitative estimate of drug-likeness (QED) is 0.738. The molecule has 3 nitrogen and oxygen atoms in total. The van der Waals surface area contributed by atoms with Crippen molar-refractivity contribution in [3.63, 3.8) is 0 Å². The number of carbonyl (C=O) groups is 1. The van der Waals surface area contributed by atoms with Gasteiger partial charge in [-0.2, -0.15) is 13.2 Å². The van der Waals surface area contributed by atoms with Crippen molar-refractivity contribution in [2.75, 3.05) is 13.1 Å². The highest BCUT2D eigenvalue weighted by atomic mass is 32.1. The van der Waals surface area contributed by atoms with E-state index >= 15 is 0 Å². The third-order valence-electron chi connectivity index (χ3n) is 1.82. The Balaban J connectivity index is 4.22. The maximum atomic E-state index is 11.9. The minimum atomic E-state index is -4.31. The highest BCUT2D eigenvalue weighted by Gasteiger charge is 2.29. The molecule has 94 valence electrons. The topological polar surface area (TPSA) is 46.3 Å².